The van der Waals surface area contributed by atoms with Crippen molar-refractivity contribution >= 4 is 10.8 Å². The Bertz CT molecular complexity index is 430. The SMILES string of the molecule is CNC1CCC(S(=O)c2cc(C)ccc2C)C1. The second kappa shape index (κ2) is 5.32. The van der Waals surface area contributed by atoms with Crippen LogP contribution in [0.5, 0.6) is 0 Å². The molecule has 94 valence electrons. The van der Waals surface area contributed by atoms with Gasteiger partial charge >= 0.3 is 0 Å². The van der Waals surface area contributed by atoms with E-state index in [4.69, 9.17) is 0 Å². The van der Waals surface area contributed by atoms with Gasteiger partial charge in [-0.05, 0) is 57.4 Å². The van der Waals surface area contributed by atoms with E-state index in [-0.39, 0.29) is 0 Å². The van der Waals surface area contributed by atoms with Crippen molar-refractivity contribution in [1.29, 1.82) is 0 Å². The lowest BCUT2D eigenvalue weighted by Crippen LogP contribution is -2.23. The van der Waals surface area contributed by atoms with Gasteiger partial charge in [0.1, 0.15) is 0 Å². The van der Waals surface area contributed by atoms with E-state index < -0.39 is 10.8 Å². The minimum absolute atomic E-state index is 0.327. The summed E-state index contributed by atoms with van der Waals surface area (Å²) in [5.74, 6) is 0. The largest absolute Gasteiger partial charge is 0.317 e. The molecule has 0 bridgehead atoms. The summed E-state index contributed by atoms with van der Waals surface area (Å²) in [5, 5.41) is 3.62. The van der Waals surface area contributed by atoms with Crippen LogP contribution in [0.25, 0.3) is 0 Å². The van der Waals surface area contributed by atoms with Gasteiger partial charge in [0.15, 0.2) is 0 Å². The van der Waals surface area contributed by atoms with E-state index in [9.17, 15) is 4.21 Å². The summed E-state index contributed by atoms with van der Waals surface area (Å²) in [5.41, 5.74) is 2.35. The Labute approximate surface area is 106 Å². The van der Waals surface area contributed by atoms with Crippen LogP contribution in [0.3, 0.4) is 0 Å². The number of aryl methyl sites for hydroxylation is 2. The lowest BCUT2D eigenvalue weighted by molar-refractivity contribution is 0.581. The number of benzene rings is 1. The molecule has 0 radical (unpaired) electrons. The predicted molar refractivity (Wildman–Crippen MR) is 72.8 cm³/mol. The topological polar surface area (TPSA) is 29.1 Å². The Balaban J connectivity index is 2.17. The van der Waals surface area contributed by atoms with Crippen LogP contribution in [0.2, 0.25) is 0 Å². The second-order valence-corrected chi connectivity index (χ2v) is 6.69. The third-order valence-corrected chi connectivity index (χ3v) is 5.56. The van der Waals surface area contributed by atoms with Crippen molar-refractivity contribution in [2.24, 2.45) is 0 Å². The normalized spacial score (nSPS) is 26.1. The van der Waals surface area contributed by atoms with Gasteiger partial charge < -0.3 is 5.32 Å². The summed E-state index contributed by atoms with van der Waals surface area (Å²) in [6.45, 7) is 4.11. The van der Waals surface area contributed by atoms with Crippen LogP contribution < -0.4 is 5.32 Å². The van der Waals surface area contributed by atoms with E-state index in [1.165, 1.54) is 5.56 Å². The zero-order chi connectivity index (χ0) is 12.4. The van der Waals surface area contributed by atoms with Gasteiger partial charge in [-0.1, -0.05) is 12.1 Å². The van der Waals surface area contributed by atoms with Crippen LogP contribution in [0.1, 0.15) is 30.4 Å². The standard InChI is InChI=1S/C14H21NOS/c1-10-4-5-11(2)14(8-10)17(16)13-7-6-12(9-13)15-3/h4-5,8,12-13,15H,6-7,9H2,1-3H3. The van der Waals surface area contributed by atoms with Gasteiger partial charge in [-0.15, -0.1) is 0 Å². The zero-order valence-corrected chi connectivity index (χ0v) is 11.6. The molecule has 17 heavy (non-hydrogen) atoms. The minimum Gasteiger partial charge on any atom is -0.317 e. The molecule has 2 rings (SSSR count). The maximum Gasteiger partial charge on any atom is 0.0564 e. The van der Waals surface area contributed by atoms with E-state index in [0.29, 0.717) is 11.3 Å². The van der Waals surface area contributed by atoms with Gasteiger partial charge in [0.05, 0.1) is 10.8 Å². The van der Waals surface area contributed by atoms with Crippen molar-refractivity contribution in [3.05, 3.63) is 29.3 Å². The third kappa shape index (κ3) is 2.78. The summed E-state index contributed by atoms with van der Waals surface area (Å²) < 4.78 is 12.6. The summed E-state index contributed by atoms with van der Waals surface area (Å²) >= 11 is 0. The van der Waals surface area contributed by atoms with E-state index in [2.05, 4.69) is 37.4 Å². The van der Waals surface area contributed by atoms with Crippen LogP contribution in [0.15, 0.2) is 23.1 Å². The highest BCUT2D eigenvalue weighted by molar-refractivity contribution is 7.85. The summed E-state index contributed by atoms with van der Waals surface area (Å²) in [6.07, 6.45) is 3.26. The molecule has 3 heteroatoms. The number of rotatable bonds is 3. The molecule has 1 aromatic rings. The molecule has 1 aliphatic carbocycles. The molecule has 3 unspecified atom stereocenters. The van der Waals surface area contributed by atoms with E-state index >= 15 is 0 Å². The van der Waals surface area contributed by atoms with Crippen LogP contribution in [-0.4, -0.2) is 22.5 Å². The van der Waals surface area contributed by atoms with Crippen molar-refractivity contribution in [2.45, 2.75) is 49.3 Å². The number of hydrogen-bond donors (Lipinski definition) is 1. The maximum atomic E-state index is 12.6. The molecule has 3 atom stereocenters. The Kier molecular flexibility index (Phi) is 4.00. The highest BCUT2D eigenvalue weighted by Gasteiger charge is 2.29. The molecule has 0 saturated heterocycles. The van der Waals surface area contributed by atoms with Gasteiger partial charge in [-0.25, -0.2) is 0 Å². The van der Waals surface area contributed by atoms with Crippen molar-refractivity contribution in [3.8, 4) is 0 Å². The molecule has 1 saturated carbocycles. The lowest BCUT2D eigenvalue weighted by atomic mass is 10.2. The Hall–Kier alpha value is -0.670. The molecule has 0 spiro atoms. The van der Waals surface area contributed by atoms with E-state index in [0.717, 1.165) is 29.7 Å². The fourth-order valence-corrected chi connectivity index (χ4v) is 4.30. The molecule has 1 fully saturated rings. The number of hydrogen-bond acceptors (Lipinski definition) is 2. The van der Waals surface area contributed by atoms with Gasteiger partial charge in [-0.2, -0.15) is 0 Å². The molecular formula is C14H21NOS. The molecule has 1 aliphatic rings. The first-order valence-electron chi connectivity index (χ1n) is 6.27. The molecule has 0 aliphatic heterocycles. The summed E-state index contributed by atoms with van der Waals surface area (Å²) in [7, 11) is 1.15. The molecule has 1 N–H and O–H groups in total. The highest BCUT2D eigenvalue weighted by atomic mass is 32.2. The highest BCUT2D eigenvalue weighted by Crippen LogP contribution is 2.28. The maximum absolute atomic E-state index is 12.6. The van der Waals surface area contributed by atoms with Crippen LogP contribution in [0.4, 0.5) is 0 Å². The van der Waals surface area contributed by atoms with Crippen LogP contribution in [-0.2, 0) is 10.8 Å². The van der Waals surface area contributed by atoms with Crippen LogP contribution in [0, 0.1) is 13.8 Å². The van der Waals surface area contributed by atoms with Crippen molar-refractivity contribution in [2.75, 3.05) is 7.05 Å². The van der Waals surface area contributed by atoms with Crippen molar-refractivity contribution in [3.63, 3.8) is 0 Å². The first-order valence-corrected chi connectivity index (χ1v) is 7.48. The van der Waals surface area contributed by atoms with Gasteiger partial charge in [0.2, 0.25) is 0 Å². The van der Waals surface area contributed by atoms with E-state index in [1.807, 2.05) is 7.05 Å². The Morgan fingerprint density at radius 1 is 1.29 bits per heavy atom. The molecule has 0 heterocycles. The van der Waals surface area contributed by atoms with Gasteiger partial charge in [-0.3, -0.25) is 4.21 Å². The van der Waals surface area contributed by atoms with Gasteiger partial charge in [0.25, 0.3) is 0 Å². The summed E-state index contributed by atoms with van der Waals surface area (Å²) in [4.78, 5) is 1.03. The minimum atomic E-state index is -0.843. The first kappa shape index (κ1) is 12.8. The smallest absolute Gasteiger partial charge is 0.0564 e. The first-order chi connectivity index (χ1) is 8.11. The average molecular weight is 251 g/mol. The lowest BCUT2D eigenvalue weighted by Gasteiger charge is -2.13. The molecule has 0 aromatic heterocycles. The van der Waals surface area contributed by atoms with Gasteiger partial charge in [0, 0.05) is 16.2 Å². The fraction of sp³-hybridized carbons (Fsp3) is 0.571. The molecule has 0 amide bonds. The molecule has 2 nitrogen and oxygen atoms in total. The molecule has 1 aromatic carbocycles. The van der Waals surface area contributed by atoms with Crippen LogP contribution >= 0.6 is 0 Å². The summed E-state index contributed by atoms with van der Waals surface area (Å²) in [6, 6.07) is 6.79. The zero-order valence-electron chi connectivity index (χ0n) is 10.8. The predicted octanol–water partition coefficient (Wildman–Crippen LogP) is 2.55. The second-order valence-electron chi connectivity index (χ2n) is 4.99. The quantitative estimate of drug-likeness (QED) is 0.894. The Morgan fingerprint density at radius 3 is 2.71 bits per heavy atom. The van der Waals surface area contributed by atoms with Crippen molar-refractivity contribution in [1.82, 2.24) is 5.32 Å². The average Bonchev–Trinajstić information content (AvgIpc) is 2.80. The third-order valence-electron chi connectivity index (χ3n) is 3.66. The van der Waals surface area contributed by atoms with Crippen molar-refractivity contribution < 1.29 is 4.21 Å². The fourth-order valence-electron chi connectivity index (χ4n) is 2.50. The monoisotopic (exact) mass is 251 g/mol. The van der Waals surface area contributed by atoms with E-state index in [1.54, 1.807) is 0 Å². The Morgan fingerprint density at radius 2 is 2.06 bits per heavy atom. The molecular weight excluding hydrogens is 230 g/mol. The number of nitrogens with one attached hydrogen (secondary N) is 1.